The van der Waals surface area contributed by atoms with Crippen LogP contribution >= 0.6 is 8.58 Å². The molecule has 0 amide bonds. The first-order valence-electron chi connectivity index (χ1n) is 4.05. The Labute approximate surface area is 75.2 Å². The molecule has 0 bridgehead atoms. The van der Waals surface area contributed by atoms with Crippen molar-refractivity contribution >= 4 is 8.58 Å². The zero-order chi connectivity index (χ0) is 8.65. The molecule has 0 radical (unpaired) electrons. The van der Waals surface area contributed by atoms with Crippen molar-refractivity contribution in [2.75, 3.05) is 6.16 Å². The zero-order valence-electron chi connectivity index (χ0n) is 6.96. The van der Waals surface area contributed by atoms with Gasteiger partial charge in [-0.2, -0.15) is 5.26 Å². The van der Waals surface area contributed by atoms with Crippen molar-refractivity contribution in [1.29, 1.82) is 5.26 Å². The van der Waals surface area contributed by atoms with Crippen LogP contribution < -0.4 is 0 Å². The van der Waals surface area contributed by atoms with E-state index in [-0.39, 0.29) is 0 Å². The molecule has 0 N–H and O–H groups in total. The van der Waals surface area contributed by atoms with Gasteiger partial charge in [0, 0.05) is 6.42 Å². The maximum atomic E-state index is 8.32. The summed E-state index contributed by atoms with van der Waals surface area (Å²) in [5.41, 5.74) is 1.38. The van der Waals surface area contributed by atoms with E-state index in [1.165, 1.54) is 5.56 Å². The smallest absolute Gasteiger partial charge is 0.0625 e. The van der Waals surface area contributed by atoms with Crippen molar-refractivity contribution in [3.05, 3.63) is 35.9 Å². The fourth-order valence-electron chi connectivity index (χ4n) is 0.973. The van der Waals surface area contributed by atoms with E-state index >= 15 is 0 Å². The molecule has 2 heteroatoms. The predicted molar refractivity (Wildman–Crippen MR) is 53.6 cm³/mol. The molecule has 62 valence electrons. The summed E-state index contributed by atoms with van der Waals surface area (Å²) in [5.74, 6) is 0. The lowest BCUT2D eigenvalue weighted by molar-refractivity contribution is 1.22. The molecular formula is C10H12NP. The van der Waals surface area contributed by atoms with Crippen molar-refractivity contribution in [2.24, 2.45) is 0 Å². The van der Waals surface area contributed by atoms with Crippen LogP contribution in [-0.2, 0) is 6.16 Å². The number of rotatable bonds is 4. The average molecular weight is 177 g/mol. The van der Waals surface area contributed by atoms with Crippen LogP contribution in [0.5, 0.6) is 0 Å². The van der Waals surface area contributed by atoms with Crippen LogP contribution in [0.25, 0.3) is 0 Å². The Morgan fingerprint density at radius 3 is 2.67 bits per heavy atom. The van der Waals surface area contributed by atoms with Crippen LogP contribution in [0.15, 0.2) is 30.3 Å². The van der Waals surface area contributed by atoms with E-state index in [9.17, 15) is 0 Å². The highest BCUT2D eigenvalue weighted by molar-refractivity contribution is 7.37. The van der Waals surface area contributed by atoms with Crippen LogP contribution in [0.1, 0.15) is 12.0 Å². The average Bonchev–Trinajstić information content (AvgIpc) is 2.14. The van der Waals surface area contributed by atoms with Crippen molar-refractivity contribution in [3.63, 3.8) is 0 Å². The number of hydrogen-bond acceptors (Lipinski definition) is 1. The summed E-state index contributed by atoms with van der Waals surface area (Å²) in [6, 6.07) is 12.6. The van der Waals surface area contributed by atoms with E-state index in [0.29, 0.717) is 6.42 Å². The molecule has 1 aromatic carbocycles. The summed E-state index contributed by atoms with van der Waals surface area (Å²) >= 11 is 0. The first kappa shape index (κ1) is 9.23. The normalized spacial score (nSPS) is 10.2. The second-order valence-corrected chi connectivity index (χ2v) is 3.92. The van der Waals surface area contributed by atoms with Gasteiger partial charge >= 0.3 is 0 Å². The fourth-order valence-corrected chi connectivity index (χ4v) is 1.96. The van der Waals surface area contributed by atoms with Crippen molar-refractivity contribution < 1.29 is 0 Å². The molecule has 1 atom stereocenters. The lowest BCUT2D eigenvalue weighted by atomic mass is 10.2. The lowest BCUT2D eigenvalue weighted by Gasteiger charge is -1.98. The molecule has 0 heterocycles. The summed E-state index contributed by atoms with van der Waals surface area (Å²) in [5, 5.41) is 8.32. The van der Waals surface area contributed by atoms with Crippen LogP contribution in [0.2, 0.25) is 0 Å². The van der Waals surface area contributed by atoms with Gasteiger partial charge in [-0.25, -0.2) is 0 Å². The quantitative estimate of drug-likeness (QED) is 0.512. The largest absolute Gasteiger partial charge is 0.198 e. The predicted octanol–water partition coefficient (Wildman–Crippen LogP) is 2.78. The van der Waals surface area contributed by atoms with E-state index in [0.717, 1.165) is 20.9 Å². The molecule has 1 nitrogen and oxygen atoms in total. The zero-order valence-corrected chi connectivity index (χ0v) is 7.96. The summed E-state index contributed by atoms with van der Waals surface area (Å²) in [6.07, 6.45) is 2.87. The molecule has 1 rings (SSSR count). The second kappa shape index (κ2) is 5.75. The van der Waals surface area contributed by atoms with Gasteiger partial charge in [-0.1, -0.05) is 30.3 Å². The Hall–Kier alpha value is -0.860. The van der Waals surface area contributed by atoms with Gasteiger partial charge in [0.25, 0.3) is 0 Å². The van der Waals surface area contributed by atoms with Gasteiger partial charge < -0.3 is 0 Å². The minimum absolute atomic E-state index is 0.700. The summed E-state index contributed by atoms with van der Waals surface area (Å²) in [6.45, 7) is 0. The van der Waals surface area contributed by atoms with E-state index < -0.39 is 0 Å². The maximum absolute atomic E-state index is 8.32. The van der Waals surface area contributed by atoms with Crippen LogP contribution in [-0.4, -0.2) is 6.16 Å². The first-order valence-corrected chi connectivity index (χ1v) is 5.46. The third kappa shape index (κ3) is 3.51. The molecule has 12 heavy (non-hydrogen) atoms. The molecule has 0 spiro atoms. The van der Waals surface area contributed by atoms with Crippen molar-refractivity contribution in [1.82, 2.24) is 0 Å². The van der Waals surface area contributed by atoms with Crippen LogP contribution in [0, 0.1) is 11.3 Å². The molecule has 1 unspecified atom stereocenters. The SMILES string of the molecule is N#CCCPCc1ccccc1. The van der Waals surface area contributed by atoms with Gasteiger partial charge in [0.15, 0.2) is 0 Å². The highest BCUT2D eigenvalue weighted by Gasteiger charge is 1.90. The minimum atomic E-state index is 0.700. The van der Waals surface area contributed by atoms with Crippen LogP contribution in [0.4, 0.5) is 0 Å². The molecule has 0 aromatic heterocycles. The van der Waals surface area contributed by atoms with Gasteiger partial charge in [0.05, 0.1) is 6.07 Å². The summed E-state index contributed by atoms with van der Waals surface area (Å²) in [4.78, 5) is 0. The molecule has 0 saturated heterocycles. The monoisotopic (exact) mass is 177 g/mol. The van der Waals surface area contributed by atoms with Gasteiger partial charge in [-0.15, -0.1) is 8.58 Å². The standard InChI is InChI=1S/C10H12NP/c11-7-4-8-12-9-10-5-2-1-3-6-10/h1-3,5-6,12H,4,8-9H2. The Morgan fingerprint density at radius 1 is 1.25 bits per heavy atom. The van der Waals surface area contributed by atoms with E-state index in [1.54, 1.807) is 0 Å². The topological polar surface area (TPSA) is 23.8 Å². The maximum Gasteiger partial charge on any atom is 0.0625 e. The Morgan fingerprint density at radius 2 is 2.00 bits per heavy atom. The van der Waals surface area contributed by atoms with Crippen molar-refractivity contribution in [2.45, 2.75) is 12.6 Å². The Balaban J connectivity index is 2.21. The first-order chi connectivity index (χ1) is 5.93. The number of benzene rings is 1. The molecule has 0 aliphatic heterocycles. The van der Waals surface area contributed by atoms with Gasteiger partial charge in [0.1, 0.15) is 0 Å². The lowest BCUT2D eigenvalue weighted by Crippen LogP contribution is -1.78. The third-order valence-corrected chi connectivity index (χ3v) is 2.85. The number of nitrogens with zero attached hydrogens (tertiary/aromatic N) is 1. The second-order valence-electron chi connectivity index (χ2n) is 2.57. The highest BCUT2D eigenvalue weighted by atomic mass is 31.1. The summed E-state index contributed by atoms with van der Waals surface area (Å²) in [7, 11) is 0.894. The van der Waals surface area contributed by atoms with Gasteiger partial charge in [-0.3, -0.25) is 0 Å². The fraction of sp³-hybridized carbons (Fsp3) is 0.300. The van der Waals surface area contributed by atoms with Gasteiger partial charge in [0.2, 0.25) is 0 Å². The third-order valence-electron chi connectivity index (χ3n) is 1.59. The molecule has 0 aliphatic carbocycles. The molecule has 0 saturated carbocycles. The van der Waals surface area contributed by atoms with E-state index in [2.05, 4.69) is 30.3 Å². The molecule has 0 aliphatic rings. The Bertz CT molecular complexity index is 250. The number of hydrogen-bond donors (Lipinski definition) is 0. The number of nitriles is 1. The Kier molecular flexibility index (Phi) is 4.42. The molecule has 0 fully saturated rings. The summed E-state index contributed by atoms with van der Waals surface area (Å²) < 4.78 is 0. The molecule has 1 aromatic rings. The van der Waals surface area contributed by atoms with Crippen molar-refractivity contribution in [3.8, 4) is 6.07 Å². The van der Waals surface area contributed by atoms with Crippen LogP contribution in [0.3, 0.4) is 0 Å². The molecular weight excluding hydrogens is 165 g/mol. The van der Waals surface area contributed by atoms with E-state index in [1.807, 2.05) is 6.07 Å². The minimum Gasteiger partial charge on any atom is -0.198 e. The van der Waals surface area contributed by atoms with E-state index in [4.69, 9.17) is 5.26 Å². The van der Waals surface area contributed by atoms with Gasteiger partial charge in [-0.05, 0) is 17.9 Å². The highest BCUT2D eigenvalue weighted by Crippen LogP contribution is 2.18.